The van der Waals surface area contributed by atoms with Crippen molar-refractivity contribution in [2.24, 2.45) is 12.1 Å². The fourth-order valence-corrected chi connectivity index (χ4v) is 5.58. The van der Waals surface area contributed by atoms with E-state index in [1.165, 1.54) is 26.0 Å². The van der Waals surface area contributed by atoms with Gasteiger partial charge in [0.15, 0.2) is 11.0 Å². The van der Waals surface area contributed by atoms with E-state index in [1.54, 1.807) is 49.0 Å². The number of benzene rings is 3. The van der Waals surface area contributed by atoms with Gasteiger partial charge < -0.3 is 28.8 Å². The number of nitrogens with zero attached hydrogens (tertiary/aromatic N) is 5. The minimum atomic E-state index is -0.316. The summed E-state index contributed by atoms with van der Waals surface area (Å²) in [5, 5.41) is 18.2. The molecule has 2 heterocycles. The molecule has 1 aliphatic rings. The van der Waals surface area contributed by atoms with Gasteiger partial charge in [0.2, 0.25) is 0 Å². The van der Waals surface area contributed by atoms with Gasteiger partial charge in [0.25, 0.3) is 11.8 Å². The van der Waals surface area contributed by atoms with E-state index in [4.69, 9.17) is 24.0 Å². The summed E-state index contributed by atoms with van der Waals surface area (Å²) >= 11 is 1.26. The van der Waals surface area contributed by atoms with Crippen LogP contribution in [0.2, 0.25) is 0 Å². The predicted octanol–water partition coefficient (Wildman–Crippen LogP) is 4.25. The highest BCUT2D eigenvalue weighted by atomic mass is 32.2. The summed E-state index contributed by atoms with van der Waals surface area (Å²) in [7, 11) is 8.07. The number of carbonyl (C=O) groups excluding carboxylic acids is 2. The molecule has 45 heavy (non-hydrogen) atoms. The number of methoxy groups -OCH3 is 4. The lowest BCUT2D eigenvalue weighted by molar-refractivity contribution is -0.130. The lowest BCUT2D eigenvalue weighted by atomic mass is 9.98. The van der Waals surface area contributed by atoms with Gasteiger partial charge >= 0.3 is 0 Å². The summed E-state index contributed by atoms with van der Waals surface area (Å²) in [4.78, 5) is 26.4. The van der Waals surface area contributed by atoms with E-state index in [0.29, 0.717) is 34.5 Å². The van der Waals surface area contributed by atoms with Crippen molar-refractivity contribution >= 4 is 29.3 Å². The zero-order valence-electron chi connectivity index (χ0n) is 25.6. The number of nitrogens with one attached hydrogen (secondary N) is 1. The molecule has 0 fully saturated rings. The smallest absolute Gasteiger partial charge is 0.253 e. The number of carbonyl (C=O) groups is 2. The Morgan fingerprint density at radius 1 is 0.844 bits per heavy atom. The lowest BCUT2D eigenvalue weighted by Gasteiger charge is -2.22. The Bertz CT molecular complexity index is 1670. The fourth-order valence-electron chi connectivity index (χ4n) is 4.80. The van der Waals surface area contributed by atoms with Gasteiger partial charge in [-0.3, -0.25) is 9.59 Å². The number of thioether (sulfide) groups is 1. The summed E-state index contributed by atoms with van der Waals surface area (Å²) in [5.41, 5.74) is 3.07. The Morgan fingerprint density at radius 2 is 1.44 bits per heavy atom. The van der Waals surface area contributed by atoms with Crippen molar-refractivity contribution in [1.82, 2.24) is 25.1 Å². The molecule has 3 aromatic carbocycles. The van der Waals surface area contributed by atoms with Crippen molar-refractivity contribution in [1.29, 1.82) is 0 Å². The third-order valence-corrected chi connectivity index (χ3v) is 8.37. The average molecular weight is 631 g/mol. The van der Waals surface area contributed by atoms with Gasteiger partial charge in [-0.25, -0.2) is 5.01 Å². The number of ether oxygens (including phenoxy) is 4. The molecule has 0 saturated carbocycles. The highest BCUT2D eigenvalue weighted by molar-refractivity contribution is 7.99. The molecule has 5 rings (SSSR count). The van der Waals surface area contributed by atoms with Crippen LogP contribution in [-0.2, 0) is 18.4 Å². The number of hydrazone groups is 1. The maximum Gasteiger partial charge on any atom is 0.253 e. The fraction of sp³-hybridized carbons (Fsp3) is 0.281. The molecule has 0 radical (unpaired) electrons. The van der Waals surface area contributed by atoms with Gasteiger partial charge in [-0.1, -0.05) is 23.9 Å². The number of aromatic nitrogens is 3. The molecule has 0 aliphatic carbocycles. The van der Waals surface area contributed by atoms with Crippen LogP contribution in [0.1, 0.15) is 39.8 Å². The molecule has 0 unspecified atom stereocenters. The van der Waals surface area contributed by atoms with Crippen molar-refractivity contribution in [2.75, 3.05) is 34.2 Å². The highest BCUT2D eigenvalue weighted by Crippen LogP contribution is 2.35. The Morgan fingerprint density at radius 3 is 2.04 bits per heavy atom. The van der Waals surface area contributed by atoms with Crippen LogP contribution in [0.15, 0.2) is 77.0 Å². The maximum atomic E-state index is 13.6. The van der Waals surface area contributed by atoms with E-state index in [0.717, 1.165) is 28.3 Å². The number of amides is 2. The number of rotatable bonds is 12. The molecule has 4 aromatic rings. The zero-order valence-corrected chi connectivity index (χ0v) is 26.5. The second-order valence-corrected chi connectivity index (χ2v) is 11.0. The summed E-state index contributed by atoms with van der Waals surface area (Å²) in [6.45, 7) is 0.136. The normalized spacial score (nSPS) is 14.1. The summed E-state index contributed by atoms with van der Waals surface area (Å²) < 4.78 is 22.9. The first-order valence-corrected chi connectivity index (χ1v) is 15.0. The summed E-state index contributed by atoms with van der Waals surface area (Å²) in [6.07, 6.45) is 0.558. The first kappa shape index (κ1) is 31.4. The third kappa shape index (κ3) is 7.20. The van der Waals surface area contributed by atoms with Crippen LogP contribution in [0.3, 0.4) is 0 Å². The number of hydrogen-bond donors (Lipinski definition) is 1. The molecule has 234 valence electrons. The summed E-state index contributed by atoms with van der Waals surface area (Å²) in [5.74, 6) is 2.63. The van der Waals surface area contributed by atoms with Crippen molar-refractivity contribution in [3.63, 3.8) is 0 Å². The molecule has 1 atom stereocenters. The first-order chi connectivity index (χ1) is 21.8. The minimum absolute atomic E-state index is 0.0913. The molecular formula is C32H34N6O6S. The van der Waals surface area contributed by atoms with Gasteiger partial charge in [-0.05, 0) is 59.7 Å². The molecule has 12 nitrogen and oxygen atoms in total. The molecule has 1 N–H and O–H groups in total. The van der Waals surface area contributed by atoms with Crippen molar-refractivity contribution in [3.05, 3.63) is 89.2 Å². The average Bonchev–Trinajstić information content (AvgIpc) is 3.69. The largest absolute Gasteiger partial charge is 0.497 e. The SMILES string of the molecule is COc1ccc(C2=NN(C(=O)CSc3nnc(CNC(=O)c4cc(OC)cc(OC)c4)n3C)[C@H](c3ccc(OC)cc3)C2)cc1. The molecule has 0 bridgehead atoms. The van der Waals surface area contributed by atoms with Crippen molar-refractivity contribution in [3.8, 4) is 23.0 Å². The Balaban J connectivity index is 1.27. The lowest BCUT2D eigenvalue weighted by Crippen LogP contribution is -2.28. The summed E-state index contributed by atoms with van der Waals surface area (Å²) in [6, 6.07) is 20.0. The molecular weight excluding hydrogens is 596 g/mol. The van der Waals surface area contributed by atoms with Gasteiger partial charge in [0.05, 0.1) is 52.5 Å². The van der Waals surface area contributed by atoms with Gasteiger partial charge in [-0.15, -0.1) is 10.2 Å². The number of hydrogen-bond acceptors (Lipinski definition) is 10. The van der Waals surface area contributed by atoms with Crippen LogP contribution in [-0.4, -0.2) is 71.5 Å². The Hall–Kier alpha value is -5.04. The zero-order chi connectivity index (χ0) is 31.9. The van der Waals surface area contributed by atoms with E-state index >= 15 is 0 Å². The van der Waals surface area contributed by atoms with Crippen molar-refractivity contribution < 1.29 is 28.5 Å². The van der Waals surface area contributed by atoms with E-state index in [2.05, 4.69) is 15.5 Å². The maximum absolute atomic E-state index is 13.6. The quantitative estimate of drug-likeness (QED) is 0.229. The van der Waals surface area contributed by atoms with Crippen LogP contribution in [0.5, 0.6) is 23.0 Å². The van der Waals surface area contributed by atoms with E-state index in [1.807, 2.05) is 48.5 Å². The van der Waals surface area contributed by atoms with Gasteiger partial charge in [0.1, 0.15) is 23.0 Å². The van der Waals surface area contributed by atoms with Crippen molar-refractivity contribution in [2.45, 2.75) is 24.2 Å². The molecule has 0 saturated heterocycles. The van der Waals surface area contributed by atoms with E-state index in [-0.39, 0.29) is 30.2 Å². The van der Waals surface area contributed by atoms with Crippen LogP contribution < -0.4 is 24.3 Å². The second-order valence-electron chi connectivity index (χ2n) is 10.0. The molecule has 1 aliphatic heterocycles. The van der Waals surface area contributed by atoms with Gasteiger partial charge in [0, 0.05) is 25.1 Å². The predicted molar refractivity (Wildman–Crippen MR) is 169 cm³/mol. The molecule has 0 spiro atoms. The highest BCUT2D eigenvalue weighted by Gasteiger charge is 2.33. The Labute approximate surface area is 265 Å². The van der Waals surface area contributed by atoms with Gasteiger partial charge in [-0.2, -0.15) is 5.10 Å². The second kappa shape index (κ2) is 14.2. The minimum Gasteiger partial charge on any atom is -0.497 e. The van der Waals surface area contributed by atoms with Crippen LogP contribution in [0, 0.1) is 0 Å². The first-order valence-electron chi connectivity index (χ1n) is 14.0. The van der Waals surface area contributed by atoms with Crippen LogP contribution in [0.4, 0.5) is 0 Å². The van der Waals surface area contributed by atoms with E-state index in [9.17, 15) is 9.59 Å². The topological polar surface area (TPSA) is 129 Å². The Kier molecular flexibility index (Phi) is 9.88. The monoisotopic (exact) mass is 630 g/mol. The molecule has 2 amide bonds. The third-order valence-electron chi connectivity index (χ3n) is 7.36. The molecule has 13 heteroatoms. The molecule has 1 aromatic heterocycles. The standard InChI is InChI=1S/C32H34N6O6S/c1-37-29(18-33-31(40)22-14-25(43-4)16-26(15-22)44-5)34-35-32(37)45-19-30(39)38-28(21-8-12-24(42-3)13-9-21)17-27(36-38)20-6-10-23(41-2)11-7-20/h6-16,28H,17-19H2,1-5H3,(H,33,40)/t28-/m0/s1. The van der Waals surface area contributed by atoms with Crippen LogP contribution >= 0.6 is 11.8 Å². The van der Waals surface area contributed by atoms with E-state index < -0.39 is 0 Å². The van der Waals surface area contributed by atoms with Crippen LogP contribution in [0.25, 0.3) is 0 Å².